The zero-order chi connectivity index (χ0) is 9.97. The Bertz CT molecular complexity index is 325. The molecule has 0 saturated heterocycles. The fourth-order valence-electron chi connectivity index (χ4n) is 1.99. The van der Waals surface area contributed by atoms with Gasteiger partial charge in [0.25, 0.3) is 0 Å². The van der Waals surface area contributed by atoms with Crippen LogP contribution >= 0.6 is 11.8 Å². The van der Waals surface area contributed by atoms with Crippen molar-refractivity contribution >= 4 is 23.1 Å². The van der Waals surface area contributed by atoms with Crippen LogP contribution in [0.4, 0.5) is 11.4 Å². The molecule has 0 unspecified atom stereocenters. The van der Waals surface area contributed by atoms with E-state index in [9.17, 15) is 0 Å². The lowest BCUT2D eigenvalue weighted by Gasteiger charge is -2.20. The molecule has 1 heterocycles. The Hall–Kier alpha value is -0.830. The highest BCUT2D eigenvalue weighted by atomic mass is 32.2. The number of para-hydroxylation sites is 1. The van der Waals surface area contributed by atoms with Gasteiger partial charge in [0.1, 0.15) is 0 Å². The van der Waals surface area contributed by atoms with Gasteiger partial charge in [-0.25, -0.2) is 0 Å². The number of benzene rings is 1. The summed E-state index contributed by atoms with van der Waals surface area (Å²) in [4.78, 5) is 2.40. The first-order valence-electron chi connectivity index (χ1n) is 4.94. The number of hydrogen-bond acceptors (Lipinski definition) is 3. The van der Waals surface area contributed by atoms with Crippen molar-refractivity contribution < 1.29 is 0 Å². The van der Waals surface area contributed by atoms with Gasteiger partial charge in [0.2, 0.25) is 0 Å². The minimum Gasteiger partial charge on any atom is -0.397 e. The summed E-state index contributed by atoms with van der Waals surface area (Å²) in [6, 6.07) is 6.23. The van der Waals surface area contributed by atoms with Gasteiger partial charge in [0.15, 0.2) is 0 Å². The fraction of sp³-hybridized carbons (Fsp3) is 0.455. The zero-order valence-corrected chi connectivity index (χ0v) is 9.31. The largest absolute Gasteiger partial charge is 0.397 e. The van der Waals surface area contributed by atoms with E-state index in [1.807, 2.05) is 23.9 Å². The molecule has 0 radical (unpaired) electrons. The summed E-state index contributed by atoms with van der Waals surface area (Å²) in [5, 5.41) is 0. The summed E-state index contributed by atoms with van der Waals surface area (Å²) < 4.78 is 0. The standard InChI is InChI=1S/C11H16N2S/c1-14-8-7-13-6-5-9-3-2-4-10(12)11(9)13/h2-4H,5-8,12H2,1H3. The fourth-order valence-corrected chi connectivity index (χ4v) is 2.39. The van der Waals surface area contributed by atoms with Crippen LogP contribution in [0.3, 0.4) is 0 Å². The van der Waals surface area contributed by atoms with Crippen molar-refractivity contribution in [1.29, 1.82) is 0 Å². The molecule has 0 aromatic heterocycles. The molecule has 2 nitrogen and oxygen atoms in total. The van der Waals surface area contributed by atoms with Gasteiger partial charge in [-0.1, -0.05) is 12.1 Å². The number of fused-ring (bicyclic) bond motifs is 1. The van der Waals surface area contributed by atoms with Crippen LogP contribution in [0.5, 0.6) is 0 Å². The lowest BCUT2D eigenvalue weighted by atomic mass is 10.1. The van der Waals surface area contributed by atoms with Gasteiger partial charge in [-0.3, -0.25) is 0 Å². The van der Waals surface area contributed by atoms with Crippen molar-refractivity contribution in [3.63, 3.8) is 0 Å². The first-order chi connectivity index (χ1) is 6.83. The Morgan fingerprint density at radius 3 is 3.14 bits per heavy atom. The van der Waals surface area contributed by atoms with Crippen LogP contribution in [0.2, 0.25) is 0 Å². The molecule has 0 saturated carbocycles. The summed E-state index contributed by atoms with van der Waals surface area (Å²) in [7, 11) is 0. The van der Waals surface area contributed by atoms with E-state index in [2.05, 4.69) is 17.2 Å². The monoisotopic (exact) mass is 208 g/mol. The summed E-state index contributed by atoms with van der Waals surface area (Å²) in [5.41, 5.74) is 9.60. The normalized spacial score (nSPS) is 14.5. The van der Waals surface area contributed by atoms with Crippen molar-refractivity contribution in [2.75, 3.05) is 35.7 Å². The van der Waals surface area contributed by atoms with Gasteiger partial charge in [0, 0.05) is 18.8 Å². The van der Waals surface area contributed by atoms with Gasteiger partial charge in [0.05, 0.1) is 11.4 Å². The number of thioether (sulfide) groups is 1. The molecule has 0 amide bonds. The molecule has 0 fully saturated rings. The number of nitrogens with zero attached hydrogens (tertiary/aromatic N) is 1. The Labute approximate surface area is 89.5 Å². The molecule has 2 N–H and O–H groups in total. The Balaban J connectivity index is 2.20. The van der Waals surface area contributed by atoms with Crippen molar-refractivity contribution in [3.8, 4) is 0 Å². The third-order valence-corrected chi connectivity index (χ3v) is 3.27. The lowest BCUT2D eigenvalue weighted by Crippen LogP contribution is -2.23. The van der Waals surface area contributed by atoms with E-state index in [0.717, 1.165) is 25.2 Å². The first kappa shape index (κ1) is 9.71. The quantitative estimate of drug-likeness (QED) is 0.770. The van der Waals surface area contributed by atoms with Crippen LogP contribution in [-0.2, 0) is 6.42 Å². The van der Waals surface area contributed by atoms with Crippen LogP contribution in [0.1, 0.15) is 5.56 Å². The van der Waals surface area contributed by atoms with Crippen LogP contribution < -0.4 is 10.6 Å². The molecule has 76 valence electrons. The molecule has 3 heteroatoms. The maximum atomic E-state index is 5.99. The third-order valence-electron chi connectivity index (χ3n) is 2.68. The van der Waals surface area contributed by atoms with Crippen molar-refractivity contribution in [1.82, 2.24) is 0 Å². The summed E-state index contributed by atoms with van der Waals surface area (Å²) >= 11 is 1.89. The first-order valence-corrected chi connectivity index (χ1v) is 6.33. The Morgan fingerprint density at radius 2 is 2.36 bits per heavy atom. The van der Waals surface area contributed by atoms with Crippen molar-refractivity contribution in [2.24, 2.45) is 0 Å². The van der Waals surface area contributed by atoms with E-state index < -0.39 is 0 Å². The van der Waals surface area contributed by atoms with E-state index in [1.54, 1.807) is 0 Å². The minimum absolute atomic E-state index is 0.932. The van der Waals surface area contributed by atoms with Gasteiger partial charge >= 0.3 is 0 Å². The smallest absolute Gasteiger partial charge is 0.0633 e. The van der Waals surface area contributed by atoms with Gasteiger partial charge in [-0.2, -0.15) is 11.8 Å². The molecule has 0 aliphatic carbocycles. The maximum Gasteiger partial charge on any atom is 0.0633 e. The van der Waals surface area contributed by atoms with Gasteiger partial charge in [-0.05, 0) is 24.3 Å². The topological polar surface area (TPSA) is 29.3 Å². The van der Waals surface area contributed by atoms with Crippen LogP contribution in [0, 0.1) is 0 Å². The minimum atomic E-state index is 0.932. The Kier molecular flexibility index (Phi) is 2.87. The molecule has 0 atom stereocenters. The molecule has 1 aliphatic rings. The Morgan fingerprint density at radius 1 is 1.50 bits per heavy atom. The highest BCUT2D eigenvalue weighted by Crippen LogP contribution is 2.33. The van der Waals surface area contributed by atoms with Crippen molar-refractivity contribution in [2.45, 2.75) is 6.42 Å². The molecule has 1 aromatic carbocycles. The highest BCUT2D eigenvalue weighted by molar-refractivity contribution is 7.98. The number of nitrogens with two attached hydrogens (primary N) is 1. The second-order valence-corrected chi connectivity index (χ2v) is 4.57. The SMILES string of the molecule is CSCCN1CCc2cccc(N)c21. The number of hydrogen-bond donors (Lipinski definition) is 1. The maximum absolute atomic E-state index is 5.99. The molecule has 0 bridgehead atoms. The molecular formula is C11H16N2S. The second kappa shape index (κ2) is 4.13. The predicted molar refractivity (Wildman–Crippen MR) is 65.2 cm³/mol. The zero-order valence-electron chi connectivity index (χ0n) is 8.49. The van der Waals surface area contributed by atoms with Crippen LogP contribution in [0.25, 0.3) is 0 Å². The van der Waals surface area contributed by atoms with Crippen molar-refractivity contribution in [3.05, 3.63) is 23.8 Å². The number of nitrogen functional groups attached to an aromatic ring is 1. The average Bonchev–Trinajstić information content (AvgIpc) is 2.59. The molecule has 2 rings (SSSR count). The average molecular weight is 208 g/mol. The van der Waals surface area contributed by atoms with E-state index in [0.29, 0.717) is 0 Å². The van der Waals surface area contributed by atoms with E-state index >= 15 is 0 Å². The van der Waals surface area contributed by atoms with Crippen LogP contribution in [0.15, 0.2) is 18.2 Å². The highest BCUT2D eigenvalue weighted by Gasteiger charge is 2.20. The molecule has 1 aromatic rings. The van der Waals surface area contributed by atoms with E-state index in [1.165, 1.54) is 17.0 Å². The second-order valence-electron chi connectivity index (χ2n) is 3.58. The number of rotatable bonds is 3. The summed E-state index contributed by atoms with van der Waals surface area (Å²) in [6.07, 6.45) is 3.29. The molecule has 1 aliphatic heterocycles. The summed E-state index contributed by atoms with van der Waals surface area (Å²) in [5.74, 6) is 1.17. The number of anilines is 2. The summed E-state index contributed by atoms with van der Waals surface area (Å²) in [6.45, 7) is 2.24. The van der Waals surface area contributed by atoms with Gasteiger partial charge in [-0.15, -0.1) is 0 Å². The van der Waals surface area contributed by atoms with E-state index in [4.69, 9.17) is 5.73 Å². The molecule has 14 heavy (non-hydrogen) atoms. The molecular weight excluding hydrogens is 192 g/mol. The third kappa shape index (κ3) is 1.69. The lowest BCUT2D eigenvalue weighted by molar-refractivity contribution is 0.875. The van der Waals surface area contributed by atoms with Crippen LogP contribution in [-0.4, -0.2) is 25.1 Å². The predicted octanol–water partition coefficient (Wildman–Crippen LogP) is 1.99. The van der Waals surface area contributed by atoms with E-state index in [-0.39, 0.29) is 0 Å². The van der Waals surface area contributed by atoms with Gasteiger partial charge < -0.3 is 10.6 Å². The molecule has 0 spiro atoms.